The largest absolute Gasteiger partial charge is 0.495 e. The number of allylic oxidation sites excluding steroid dienone is 1. The fourth-order valence-corrected chi connectivity index (χ4v) is 7.14. The van der Waals surface area contributed by atoms with Crippen molar-refractivity contribution in [2.75, 3.05) is 23.7 Å². The van der Waals surface area contributed by atoms with Gasteiger partial charge in [0.05, 0.1) is 24.0 Å². The Hall–Kier alpha value is -1.91. The molecule has 0 spiro atoms. The fourth-order valence-electron chi connectivity index (χ4n) is 3.82. The molecule has 8 nitrogen and oxygen atoms in total. The molecule has 2 aliphatic rings. The van der Waals surface area contributed by atoms with Crippen molar-refractivity contribution in [2.45, 2.75) is 50.8 Å². The Morgan fingerprint density at radius 1 is 1.23 bits per heavy atom. The summed E-state index contributed by atoms with van der Waals surface area (Å²) in [5.41, 5.74) is 0.145. The Kier molecular flexibility index (Phi) is 6.31. The Morgan fingerprint density at radius 3 is 2.53 bits per heavy atom. The van der Waals surface area contributed by atoms with Crippen LogP contribution in [0.4, 0.5) is 5.69 Å². The molecule has 0 radical (unpaired) electrons. The molecule has 1 N–H and O–H groups in total. The third-order valence-electron chi connectivity index (χ3n) is 5.38. The minimum atomic E-state index is -3.97. The lowest BCUT2D eigenvalue weighted by Gasteiger charge is -2.19. The first-order chi connectivity index (χ1) is 14.0. The van der Waals surface area contributed by atoms with Crippen molar-refractivity contribution >= 4 is 31.6 Å². The molecule has 0 bridgehead atoms. The van der Waals surface area contributed by atoms with E-state index in [1.165, 1.54) is 30.9 Å². The predicted octanol–water partition coefficient (Wildman–Crippen LogP) is 2.57. The quantitative estimate of drug-likeness (QED) is 0.632. The first-order valence-corrected chi connectivity index (χ1v) is 13.0. The van der Waals surface area contributed by atoms with E-state index in [-0.39, 0.29) is 28.6 Å². The highest BCUT2D eigenvalue weighted by Crippen LogP contribution is 2.38. The summed E-state index contributed by atoms with van der Waals surface area (Å²) in [6, 6.07) is 3.92. The summed E-state index contributed by atoms with van der Waals surface area (Å²) in [6.45, 7) is 3.33. The summed E-state index contributed by atoms with van der Waals surface area (Å²) in [6.07, 6.45) is 7.05. The van der Waals surface area contributed by atoms with Gasteiger partial charge in [0.1, 0.15) is 10.6 Å². The van der Waals surface area contributed by atoms with Crippen molar-refractivity contribution in [2.24, 2.45) is 5.41 Å². The number of carbonyl (C=O) groups excluding carboxylic acids is 1. The second-order valence-corrected chi connectivity index (χ2v) is 11.9. The standard InChI is InChI=1S/C20H28N2O6S2/c1-20(2)14-29(24,25)22(19(20)23)16-9-10-17(28-3)18(13-16)30(26,27)21-12-11-15-7-5-4-6-8-15/h7,9-10,13,21H,4-6,8,11-12,14H2,1-3H3. The van der Waals surface area contributed by atoms with Crippen molar-refractivity contribution in [3.63, 3.8) is 0 Å². The molecule has 1 amide bonds. The lowest BCUT2D eigenvalue weighted by atomic mass is 9.95. The smallest absolute Gasteiger partial charge is 0.247 e. The van der Waals surface area contributed by atoms with Crippen molar-refractivity contribution in [3.8, 4) is 5.75 Å². The van der Waals surface area contributed by atoms with Gasteiger partial charge in [-0.15, -0.1) is 0 Å². The van der Waals surface area contributed by atoms with E-state index in [0.29, 0.717) is 10.7 Å². The molecule has 1 saturated heterocycles. The maximum Gasteiger partial charge on any atom is 0.247 e. The third-order valence-corrected chi connectivity index (χ3v) is 8.88. The first kappa shape index (κ1) is 22.8. The van der Waals surface area contributed by atoms with Gasteiger partial charge in [-0.05, 0) is 64.2 Å². The molecule has 0 unspecified atom stereocenters. The lowest BCUT2D eigenvalue weighted by molar-refractivity contribution is -0.123. The molecule has 0 saturated carbocycles. The van der Waals surface area contributed by atoms with Crippen molar-refractivity contribution in [1.29, 1.82) is 0 Å². The summed E-state index contributed by atoms with van der Waals surface area (Å²) < 4.78 is 59.4. The van der Waals surface area contributed by atoms with Crippen LogP contribution in [0.1, 0.15) is 46.0 Å². The number of hydrogen-bond acceptors (Lipinski definition) is 6. The molecule has 0 atom stereocenters. The SMILES string of the molecule is COc1ccc(N2C(=O)C(C)(C)CS2(=O)=O)cc1S(=O)(=O)NCCC1=CCCCC1. The van der Waals surface area contributed by atoms with E-state index in [1.807, 2.05) is 0 Å². The number of hydrogen-bond donors (Lipinski definition) is 1. The second kappa shape index (κ2) is 8.32. The van der Waals surface area contributed by atoms with Crippen molar-refractivity contribution in [3.05, 3.63) is 29.8 Å². The highest BCUT2D eigenvalue weighted by Gasteiger charge is 2.50. The van der Waals surface area contributed by atoms with Gasteiger partial charge in [-0.2, -0.15) is 0 Å². The van der Waals surface area contributed by atoms with Crippen LogP contribution in [-0.2, 0) is 24.8 Å². The van der Waals surface area contributed by atoms with Gasteiger partial charge in [0.15, 0.2) is 0 Å². The summed E-state index contributed by atoms with van der Waals surface area (Å²) in [5, 5.41) is 0. The Labute approximate surface area is 178 Å². The number of amides is 1. The molecule has 1 aromatic rings. The van der Waals surface area contributed by atoms with E-state index in [9.17, 15) is 21.6 Å². The number of sulfonamides is 2. The number of nitrogens with one attached hydrogen (secondary N) is 1. The van der Waals surface area contributed by atoms with Gasteiger partial charge in [-0.1, -0.05) is 11.6 Å². The van der Waals surface area contributed by atoms with Crippen LogP contribution in [0.5, 0.6) is 5.75 Å². The zero-order valence-electron chi connectivity index (χ0n) is 17.5. The molecule has 1 aromatic carbocycles. The second-order valence-electron chi connectivity index (χ2n) is 8.30. The monoisotopic (exact) mass is 456 g/mol. The van der Waals surface area contributed by atoms with E-state index in [0.717, 1.165) is 25.7 Å². The summed E-state index contributed by atoms with van der Waals surface area (Å²) >= 11 is 0. The summed E-state index contributed by atoms with van der Waals surface area (Å²) in [4.78, 5) is 12.4. The first-order valence-electron chi connectivity index (χ1n) is 9.91. The van der Waals surface area contributed by atoms with Crippen LogP contribution in [0.15, 0.2) is 34.7 Å². The predicted molar refractivity (Wildman–Crippen MR) is 114 cm³/mol. The summed E-state index contributed by atoms with van der Waals surface area (Å²) in [5.74, 6) is -0.847. The fraction of sp³-hybridized carbons (Fsp3) is 0.550. The number of anilines is 1. The Bertz CT molecular complexity index is 1070. The topological polar surface area (TPSA) is 110 Å². The molecule has 3 rings (SSSR count). The highest BCUT2D eigenvalue weighted by molar-refractivity contribution is 7.94. The zero-order chi connectivity index (χ0) is 22.2. The van der Waals surface area contributed by atoms with E-state index in [1.54, 1.807) is 13.8 Å². The molecule has 30 heavy (non-hydrogen) atoms. The van der Waals surface area contributed by atoms with Crippen LogP contribution >= 0.6 is 0 Å². The molecule has 1 fully saturated rings. The molecule has 10 heteroatoms. The molecule has 1 heterocycles. The molecular weight excluding hydrogens is 428 g/mol. The van der Waals surface area contributed by atoms with Gasteiger partial charge in [0.25, 0.3) is 0 Å². The number of rotatable bonds is 7. The molecule has 0 aromatic heterocycles. The Morgan fingerprint density at radius 2 is 1.97 bits per heavy atom. The van der Waals surface area contributed by atoms with Crippen LogP contribution < -0.4 is 13.8 Å². The summed E-state index contributed by atoms with van der Waals surface area (Å²) in [7, 11) is -6.53. The van der Waals surface area contributed by atoms with Gasteiger partial charge in [0.2, 0.25) is 26.0 Å². The highest BCUT2D eigenvalue weighted by atomic mass is 32.2. The van der Waals surface area contributed by atoms with E-state index in [2.05, 4.69) is 10.8 Å². The van der Waals surface area contributed by atoms with Crippen molar-refractivity contribution < 1.29 is 26.4 Å². The minimum Gasteiger partial charge on any atom is -0.495 e. The van der Waals surface area contributed by atoms with Crippen molar-refractivity contribution in [1.82, 2.24) is 4.72 Å². The molecule has 166 valence electrons. The van der Waals surface area contributed by atoms with Crippen LogP contribution in [0, 0.1) is 5.41 Å². The maximum absolute atomic E-state index is 12.9. The number of nitrogens with zero attached hydrogens (tertiary/aromatic N) is 1. The average Bonchev–Trinajstić information content (AvgIpc) is 2.84. The number of ether oxygens (including phenoxy) is 1. The zero-order valence-corrected chi connectivity index (χ0v) is 19.1. The van der Waals surface area contributed by atoms with E-state index < -0.39 is 31.4 Å². The van der Waals surface area contributed by atoms with E-state index >= 15 is 0 Å². The number of benzene rings is 1. The van der Waals surface area contributed by atoms with Crippen LogP contribution in [0.2, 0.25) is 0 Å². The molecule has 1 aliphatic heterocycles. The van der Waals surface area contributed by atoms with Crippen LogP contribution in [0.3, 0.4) is 0 Å². The molecule has 1 aliphatic carbocycles. The minimum absolute atomic E-state index is 0.0123. The van der Waals surface area contributed by atoms with Gasteiger partial charge in [-0.25, -0.2) is 25.9 Å². The normalized spacial score (nSPS) is 20.8. The van der Waals surface area contributed by atoms with Gasteiger partial charge in [0, 0.05) is 6.54 Å². The van der Waals surface area contributed by atoms with Gasteiger partial charge < -0.3 is 4.74 Å². The number of methoxy groups -OCH3 is 1. The maximum atomic E-state index is 12.9. The number of carbonyl (C=O) groups is 1. The van der Waals surface area contributed by atoms with Crippen LogP contribution in [0.25, 0.3) is 0 Å². The third kappa shape index (κ3) is 4.55. The van der Waals surface area contributed by atoms with E-state index in [4.69, 9.17) is 4.74 Å². The van der Waals surface area contributed by atoms with Crippen LogP contribution in [-0.4, -0.2) is 42.2 Å². The Balaban J connectivity index is 1.89. The lowest BCUT2D eigenvalue weighted by Crippen LogP contribution is -2.33. The molecular formula is C20H28N2O6S2. The van der Waals surface area contributed by atoms with Gasteiger partial charge >= 0.3 is 0 Å². The van der Waals surface area contributed by atoms with Gasteiger partial charge in [-0.3, -0.25) is 4.79 Å². The average molecular weight is 457 g/mol.